The van der Waals surface area contributed by atoms with Gasteiger partial charge in [0.15, 0.2) is 9.84 Å². The van der Waals surface area contributed by atoms with E-state index in [1.807, 2.05) is 0 Å². The molecule has 2 aliphatic rings. The summed E-state index contributed by atoms with van der Waals surface area (Å²) in [6, 6.07) is 0. The number of sulfone groups is 1. The predicted octanol–water partition coefficient (Wildman–Crippen LogP) is 0.669. The van der Waals surface area contributed by atoms with Crippen molar-refractivity contribution < 1.29 is 23.1 Å². The van der Waals surface area contributed by atoms with Gasteiger partial charge in [-0.3, -0.25) is 9.59 Å². The zero-order chi connectivity index (χ0) is 14.8. The summed E-state index contributed by atoms with van der Waals surface area (Å²) in [5.74, 6) is -1.02. The van der Waals surface area contributed by atoms with Crippen LogP contribution in [0.1, 0.15) is 38.5 Å². The van der Waals surface area contributed by atoms with Gasteiger partial charge in [0, 0.05) is 19.5 Å². The Balaban J connectivity index is 2.02. The van der Waals surface area contributed by atoms with Gasteiger partial charge in [-0.2, -0.15) is 0 Å². The average molecular weight is 303 g/mol. The Morgan fingerprint density at radius 2 is 1.70 bits per heavy atom. The average Bonchev–Trinajstić information content (AvgIpc) is 2.75. The lowest BCUT2D eigenvalue weighted by atomic mass is 9.82. The first-order valence-electron chi connectivity index (χ1n) is 7.06. The van der Waals surface area contributed by atoms with Crippen LogP contribution in [0, 0.1) is 5.41 Å². The second kappa shape index (κ2) is 5.71. The standard InChI is InChI=1S/C13H21NO5S/c15-11(10-13(12(16)17)4-1-2-5-13)14-6-3-8-20(18,19)9-7-14/h1-10H2,(H,16,17). The Morgan fingerprint density at radius 1 is 1.05 bits per heavy atom. The molecule has 1 saturated heterocycles. The largest absolute Gasteiger partial charge is 0.481 e. The van der Waals surface area contributed by atoms with E-state index in [2.05, 4.69) is 0 Å². The molecule has 6 nitrogen and oxygen atoms in total. The highest BCUT2D eigenvalue weighted by atomic mass is 32.2. The van der Waals surface area contributed by atoms with Crippen molar-refractivity contribution in [2.75, 3.05) is 24.6 Å². The summed E-state index contributed by atoms with van der Waals surface area (Å²) in [5, 5.41) is 9.38. The van der Waals surface area contributed by atoms with E-state index >= 15 is 0 Å². The first-order chi connectivity index (χ1) is 9.35. The number of hydrogen-bond acceptors (Lipinski definition) is 4. The molecule has 0 aromatic carbocycles. The fourth-order valence-electron chi connectivity index (χ4n) is 3.11. The van der Waals surface area contributed by atoms with E-state index in [0.717, 1.165) is 12.8 Å². The smallest absolute Gasteiger partial charge is 0.310 e. The van der Waals surface area contributed by atoms with Crippen molar-refractivity contribution >= 4 is 21.7 Å². The minimum Gasteiger partial charge on any atom is -0.481 e. The molecular weight excluding hydrogens is 282 g/mol. The van der Waals surface area contributed by atoms with E-state index in [1.165, 1.54) is 4.90 Å². The van der Waals surface area contributed by atoms with Crippen LogP contribution in [0.25, 0.3) is 0 Å². The highest BCUT2D eigenvalue weighted by molar-refractivity contribution is 7.91. The third-order valence-electron chi connectivity index (χ3n) is 4.41. The van der Waals surface area contributed by atoms with Gasteiger partial charge in [0.25, 0.3) is 0 Å². The van der Waals surface area contributed by atoms with Crippen molar-refractivity contribution in [1.82, 2.24) is 4.90 Å². The van der Waals surface area contributed by atoms with Crippen LogP contribution in [0.5, 0.6) is 0 Å². The van der Waals surface area contributed by atoms with Crippen LogP contribution in [-0.4, -0.2) is 54.9 Å². The van der Waals surface area contributed by atoms with Gasteiger partial charge in [-0.25, -0.2) is 8.42 Å². The maximum atomic E-state index is 12.3. The van der Waals surface area contributed by atoms with Crippen LogP contribution in [0.4, 0.5) is 0 Å². The van der Waals surface area contributed by atoms with Crippen LogP contribution in [0.3, 0.4) is 0 Å². The highest BCUT2D eigenvalue weighted by Crippen LogP contribution is 2.41. The van der Waals surface area contributed by atoms with Gasteiger partial charge in [0.05, 0.1) is 16.9 Å². The number of carboxylic acids is 1. The lowest BCUT2D eigenvalue weighted by Gasteiger charge is -2.27. The van der Waals surface area contributed by atoms with Gasteiger partial charge in [0.1, 0.15) is 0 Å². The molecule has 1 N–H and O–H groups in total. The van der Waals surface area contributed by atoms with Crippen LogP contribution in [0.2, 0.25) is 0 Å². The molecule has 0 aromatic heterocycles. The van der Waals surface area contributed by atoms with Crippen LogP contribution >= 0.6 is 0 Å². The van der Waals surface area contributed by atoms with E-state index < -0.39 is 21.2 Å². The molecule has 0 atom stereocenters. The lowest BCUT2D eigenvalue weighted by Crippen LogP contribution is -2.39. The van der Waals surface area contributed by atoms with Gasteiger partial charge in [-0.1, -0.05) is 12.8 Å². The van der Waals surface area contributed by atoms with Gasteiger partial charge in [0.2, 0.25) is 5.91 Å². The Hall–Kier alpha value is -1.11. The van der Waals surface area contributed by atoms with Crippen LogP contribution in [0.15, 0.2) is 0 Å². The predicted molar refractivity (Wildman–Crippen MR) is 73.0 cm³/mol. The summed E-state index contributed by atoms with van der Waals surface area (Å²) in [5.41, 5.74) is -0.928. The zero-order valence-electron chi connectivity index (χ0n) is 11.5. The number of amides is 1. The first kappa shape index (κ1) is 15.3. The number of hydrogen-bond donors (Lipinski definition) is 1. The van der Waals surface area contributed by atoms with Crippen molar-refractivity contribution in [1.29, 1.82) is 0 Å². The number of carboxylic acid groups (broad SMARTS) is 1. The molecule has 0 unspecified atom stereocenters. The first-order valence-corrected chi connectivity index (χ1v) is 8.88. The van der Waals surface area contributed by atoms with Crippen LogP contribution < -0.4 is 0 Å². The fraction of sp³-hybridized carbons (Fsp3) is 0.846. The molecule has 114 valence electrons. The highest BCUT2D eigenvalue weighted by Gasteiger charge is 2.43. The topological polar surface area (TPSA) is 91.8 Å². The van der Waals surface area contributed by atoms with E-state index in [9.17, 15) is 23.1 Å². The molecule has 20 heavy (non-hydrogen) atoms. The van der Waals surface area contributed by atoms with Gasteiger partial charge in [-0.15, -0.1) is 0 Å². The number of nitrogens with zero attached hydrogens (tertiary/aromatic N) is 1. The molecular formula is C13H21NO5S. The molecule has 7 heteroatoms. The van der Waals surface area contributed by atoms with E-state index in [4.69, 9.17) is 0 Å². The molecule has 1 aliphatic heterocycles. The minimum absolute atomic E-state index is 0.00236. The maximum absolute atomic E-state index is 12.3. The summed E-state index contributed by atoms with van der Waals surface area (Å²) in [7, 11) is -3.05. The SMILES string of the molecule is O=C(CC1(C(=O)O)CCCC1)N1CCCS(=O)(=O)CC1. The number of aliphatic carboxylic acids is 1. The van der Waals surface area contributed by atoms with Crippen molar-refractivity contribution in [2.45, 2.75) is 38.5 Å². The molecule has 0 bridgehead atoms. The van der Waals surface area contributed by atoms with E-state index in [0.29, 0.717) is 25.8 Å². The van der Waals surface area contributed by atoms with Crippen LogP contribution in [-0.2, 0) is 19.4 Å². The van der Waals surface area contributed by atoms with Crippen molar-refractivity contribution in [2.24, 2.45) is 5.41 Å². The Kier molecular flexibility index (Phi) is 4.36. The molecule has 0 spiro atoms. The summed E-state index contributed by atoms with van der Waals surface area (Å²) in [6.07, 6.45) is 3.21. The second-order valence-corrected chi connectivity index (χ2v) is 8.16. The number of carbonyl (C=O) groups excluding carboxylic acids is 1. The number of rotatable bonds is 3. The number of carbonyl (C=O) groups is 2. The third kappa shape index (κ3) is 3.31. The maximum Gasteiger partial charge on any atom is 0.310 e. The van der Waals surface area contributed by atoms with Crippen molar-refractivity contribution in [3.05, 3.63) is 0 Å². The quantitative estimate of drug-likeness (QED) is 0.827. The molecule has 1 saturated carbocycles. The van der Waals surface area contributed by atoms with E-state index in [-0.39, 0.29) is 30.4 Å². The normalized spacial score (nSPS) is 25.1. The second-order valence-electron chi connectivity index (χ2n) is 5.86. The zero-order valence-corrected chi connectivity index (χ0v) is 12.3. The fourth-order valence-corrected chi connectivity index (χ4v) is 4.38. The van der Waals surface area contributed by atoms with Crippen molar-refractivity contribution in [3.8, 4) is 0 Å². The summed E-state index contributed by atoms with van der Waals surface area (Å²) in [6.45, 7) is 0.602. The third-order valence-corrected chi connectivity index (χ3v) is 6.13. The summed E-state index contributed by atoms with van der Waals surface area (Å²) < 4.78 is 23.0. The Bertz CT molecular complexity index is 493. The minimum atomic E-state index is -3.05. The Labute approximate surface area is 119 Å². The van der Waals surface area contributed by atoms with Gasteiger partial charge >= 0.3 is 5.97 Å². The monoisotopic (exact) mass is 303 g/mol. The Morgan fingerprint density at radius 3 is 2.30 bits per heavy atom. The molecule has 0 radical (unpaired) electrons. The molecule has 2 rings (SSSR count). The van der Waals surface area contributed by atoms with E-state index in [1.54, 1.807) is 0 Å². The van der Waals surface area contributed by atoms with Gasteiger partial charge < -0.3 is 10.0 Å². The molecule has 0 aromatic rings. The molecule has 1 heterocycles. The lowest BCUT2D eigenvalue weighted by molar-refractivity contribution is -0.153. The van der Waals surface area contributed by atoms with Gasteiger partial charge in [-0.05, 0) is 19.3 Å². The molecule has 2 fully saturated rings. The van der Waals surface area contributed by atoms with Crippen molar-refractivity contribution in [3.63, 3.8) is 0 Å². The molecule has 1 amide bonds. The molecule has 1 aliphatic carbocycles. The summed E-state index contributed by atoms with van der Waals surface area (Å²) >= 11 is 0. The summed E-state index contributed by atoms with van der Waals surface area (Å²) in [4.78, 5) is 25.3.